The van der Waals surface area contributed by atoms with Crippen molar-refractivity contribution in [2.75, 3.05) is 18.0 Å². The molecule has 124 valence electrons. The van der Waals surface area contributed by atoms with Gasteiger partial charge in [-0.3, -0.25) is 0 Å². The third kappa shape index (κ3) is 3.38. The number of anilines is 1. The molecule has 0 spiro atoms. The fourth-order valence-corrected chi connectivity index (χ4v) is 3.02. The Labute approximate surface area is 138 Å². The van der Waals surface area contributed by atoms with Gasteiger partial charge in [-0.25, -0.2) is 4.98 Å². The molecule has 3 rings (SSSR count). The number of hydrogen-bond donors (Lipinski definition) is 0. The van der Waals surface area contributed by atoms with E-state index in [0.717, 1.165) is 31.1 Å². The highest BCUT2D eigenvalue weighted by atomic mass is 15.3. The van der Waals surface area contributed by atoms with Gasteiger partial charge in [0.15, 0.2) is 5.82 Å². The molecular formula is C18H27N5. The third-order valence-corrected chi connectivity index (χ3v) is 4.42. The third-order valence-electron chi connectivity index (χ3n) is 4.42. The van der Waals surface area contributed by atoms with Crippen molar-refractivity contribution in [1.29, 1.82) is 0 Å². The SMILES string of the molecule is CC(C)c1nccn1CC1CN(c2ccc(C(C)(C)C)nn2)C1. The van der Waals surface area contributed by atoms with Crippen molar-refractivity contribution in [2.24, 2.45) is 5.92 Å². The Morgan fingerprint density at radius 3 is 2.48 bits per heavy atom. The maximum Gasteiger partial charge on any atom is 0.151 e. The maximum atomic E-state index is 4.46. The molecule has 0 atom stereocenters. The van der Waals surface area contributed by atoms with Crippen LogP contribution in [-0.4, -0.2) is 32.8 Å². The Kier molecular flexibility index (Phi) is 4.13. The van der Waals surface area contributed by atoms with Crippen LogP contribution in [0.4, 0.5) is 5.82 Å². The van der Waals surface area contributed by atoms with E-state index in [-0.39, 0.29) is 5.41 Å². The molecular weight excluding hydrogens is 286 g/mol. The second kappa shape index (κ2) is 5.95. The molecule has 5 nitrogen and oxygen atoms in total. The van der Waals surface area contributed by atoms with E-state index in [0.29, 0.717) is 11.8 Å². The summed E-state index contributed by atoms with van der Waals surface area (Å²) in [6.07, 6.45) is 4.00. The number of aromatic nitrogens is 4. The molecule has 0 unspecified atom stereocenters. The number of hydrogen-bond acceptors (Lipinski definition) is 4. The molecule has 1 fully saturated rings. The van der Waals surface area contributed by atoms with Gasteiger partial charge >= 0.3 is 0 Å². The van der Waals surface area contributed by atoms with E-state index < -0.39 is 0 Å². The van der Waals surface area contributed by atoms with Crippen molar-refractivity contribution >= 4 is 5.82 Å². The molecule has 1 aliphatic rings. The van der Waals surface area contributed by atoms with E-state index >= 15 is 0 Å². The monoisotopic (exact) mass is 313 g/mol. The van der Waals surface area contributed by atoms with Crippen molar-refractivity contribution in [2.45, 2.75) is 52.5 Å². The van der Waals surface area contributed by atoms with E-state index in [1.165, 1.54) is 5.82 Å². The van der Waals surface area contributed by atoms with Gasteiger partial charge in [0.05, 0.1) is 5.69 Å². The summed E-state index contributed by atoms with van der Waals surface area (Å²) < 4.78 is 2.29. The summed E-state index contributed by atoms with van der Waals surface area (Å²) in [5.41, 5.74) is 1.09. The Hall–Kier alpha value is -1.91. The molecule has 0 N–H and O–H groups in total. The van der Waals surface area contributed by atoms with Gasteiger partial charge in [0, 0.05) is 49.3 Å². The van der Waals surface area contributed by atoms with Gasteiger partial charge in [0.1, 0.15) is 5.82 Å². The van der Waals surface area contributed by atoms with Crippen LogP contribution in [0.3, 0.4) is 0 Å². The lowest BCUT2D eigenvalue weighted by molar-refractivity contribution is 0.348. The van der Waals surface area contributed by atoms with Crippen molar-refractivity contribution in [3.8, 4) is 0 Å². The van der Waals surface area contributed by atoms with Gasteiger partial charge < -0.3 is 9.47 Å². The molecule has 1 saturated heterocycles. The zero-order chi connectivity index (χ0) is 16.6. The lowest BCUT2D eigenvalue weighted by Gasteiger charge is -2.40. The lowest BCUT2D eigenvalue weighted by atomic mass is 9.92. The Morgan fingerprint density at radius 2 is 1.91 bits per heavy atom. The van der Waals surface area contributed by atoms with Crippen LogP contribution in [0, 0.1) is 5.92 Å². The second-order valence-electron chi connectivity index (χ2n) is 7.89. The summed E-state index contributed by atoms with van der Waals surface area (Å²) in [6.45, 7) is 14.0. The van der Waals surface area contributed by atoms with Gasteiger partial charge in [-0.1, -0.05) is 34.6 Å². The Balaban J connectivity index is 1.58. The molecule has 23 heavy (non-hydrogen) atoms. The molecule has 2 aromatic heterocycles. The van der Waals surface area contributed by atoms with Crippen LogP contribution in [0.25, 0.3) is 0 Å². The summed E-state index contributed by atoms with van der Waals surface area (Å²) in [4.78, 5) is 6.77. The van der Waals surface area contributed by atoms with Crippen molar-refractivity contribution in [3.63, 3.8) is 0 Å². The van der Waals surface area contributed by atoms with E-state index in [2.05, 4.69) is 77.6 Å². The number of nitrogens with zero attached hydrogens (tertiary/aromatic N) is 5. The number of imidazole rings is 1. The quantitative estimate of drug-likeness (QED) is 0.869. The van der Waals surface area contributed by atoms with E-state index in [1.54, 1.807) is 0 Å². The fourth-order valence-electron chi connectivity index (χ4n) is 3.02. The molecule has 1 aliphatic heterocycles. The zero-order valence-electron chi connectivity index (χ0n) is 14.8. The van der Waals surface area contributed by atoms with E-state index in [9.17, 15) is 0 Å². The van der Waals surface area contributed by atoms with Gasteiger partial charge in [0.25, 0.3) is 0 Å². The molecule has 0 bridgehead atoms. The maximum absolute atomic E-state index is 4.46. The zero-order valence-corrected chi connectivity index (χ0v) is 14.8. The highest BCUT2D eigenvalue weighted by Crippen LogP contribution is 2.26. The highest BCUT2D eigenvalue weighted by molar-refractivity contribution is 5.41. The van der Waals surface area contributed by atoms with Crippen LogP contribution in [0.15, 0.2) is 24.5 Å². The number of rotatable bonds is 4. The molecule has 0 saturated carbocycles. The summed E-state index contributed by atoms with van der Waals surface area (Å²) in [6, 6.07) is 4.20. The van der Waals surface area contributed by atoms with Crippen molar-refractivity contribution < 1.29 is 0 Å². The van der Waals surface area contributed by atoms with E-state index in [1.807, 2.05) is 6.20 Å². The molecule has 0 aromatic carbocycles. The smallest absolute Gasteiger partial charge is 0.151 e. The van der Waals surface area contributed by atoms with Crippen LogP contribution in [0.1, 0.15) is 52.1 Å². The lowest BCUT2D eigenvalue weighted by Crippen LogP contribution is -2.49. The molecule has 3 heterocycles. The predicted octanol–water partition coefficient (Wildman–Crippen LogP) is 3.23. The molecule has 2 aromatic rings. The Bertz CT molecular complexity index is 645. The highest BCUT2D eigenvalue weighted by Gasteiger charge is 2.29. The average Bonchev–Trinajstić information content (AvgIpc) is 2.90. The first-order chi connectivity index (χ1) is 10.8. The van der Waals surface area contributed by atoms with Crippen LogP contribution in [0.5, 0.6) is 0 Å². The normalized spacial score (nSPS) is 16.0. The molecule has 0 aliphatic carbocycles. The minimum atomic E-state index is 0.0533. The first kappa shape index (κ1) is 16.0. The summed E-state index contributed by atoms with van der Waals surface area (Å²) in [7, 11) is 0. The predicted molar refractivity (Wildman–Crippen MR) is 92.8 cm³/mol. The average molecular weight is 313 g/mol. The topological polar surface area (TPSA) is 46.8 Å². The molecule has 0 radical (unpaired) electrons. The first-order valence-electron chi connectivity index (χ1n) is 8.45. The van der Waals surface area contributed by atoms with Crippen LogP contribution in [-0.2, 0) is 12.0 Å². The van der Waals surface area contributed by atoms with Crippen molar-refractivity contribution in [3.05, 3.63) is 36.0 Å². The standard InChI is InChI=1S/C18H27N5/c1-13(2)17-19-8-9-22(17)10-14-11-23(12-14)16-7-6-15(20-21-16)18(3,4)5/h6-9,13-14H,10-12H2,1-5H3. The van der Waals surface area contributed by atoms with Gasteiger partial charge in [-0.15, -0.1) is 5.10 Å². The minimum Gasteiger partial charge on any atom is -0.354 e. The van der Waals surface area contributed by atoms with Gasteiger partial charge in [-0.2, -0.15) is 5.10 Å². The van der Waals surface area contributed by atoms with Crippen molar-refractivity contribution in [1.82, 2.24) is 19.7 Å². The van der Waals surface area contributed by atoms with Crippen LogP contribution in [0.2, 0.25) is 0 Å². The van der Waals surface area contributed by atoms with Crippen LogP contribution < -0.4 is 4.90 Å². The molecule has 0 amide bonds. The van der Waals surface area contributed by atoms with Crippen LogP contribution >= 0.6 is 0 Å². The van der Waals surface area contributed by atoms with E-state index in [4.69, 9.17) is 0 Å². The minimum absolute atomic E-state index is 0.0533. The first-order valence-corrected chi connectivity index (χ1v) is 8.45. The Morgan fingerprint density at radius 1 is 1.17 bits per heavy atom. The van der Waals surface area contributed by atoms with Gasteiger partial charge in [0.2, 0.25) is 0 Å². The second-order valence-corrected chi connectivity index (χ2v) is 7.89. The van der Waals surface area contributed by atoms with Gasteiger partial charge in [-0.05, 0) is 12.1 Å². The largest absolute Gasteiger partial charge is 0.354 e. The summed E-state index contributed by atoms with van der Waals surface area (Å²) >= 11 is 0. The summed E-state index contributed by atoms with van der Waals surface area (Å²) in [5.74, 6) is 3.30. The summed E-state index contributed by atoms with van der Waals surface area (Å²) in [5, 5.41) is 8.79. The molecule has 5 heteroatoms. The fraction of sp³-hybridized carbons (Fsp3) is 0.611.